The summed E-state index contributed by atoms with van der Waals surface area (Å²) in [7, 11) is 1.49. The molecule has 0 heterocycles. The van der Waals surface area contributed by atoms with E-state index in [0.29, 0.717) is 29.7 Å². The van der Waals surface area contributed by atoms with Crippen molar-refractivity contribution < 1.29 is 23.8 Å². The Hall–Kier alpha value is -3.18. The number of carbonyl (C=O) groups excluding carboxylic acids is 2. The highest BCUT2D eigenvalue weighted by atomic mass is 32.2. The molecule has 8 heteroatoms. The molecule has 0 aliphatic carbocycles. The van der Waals surface area contributed by atoms with Crippen LogP contribution in [0, 0.1) is 17.2 Å². The zero-order chi connectivity index (χ0) is 21.9. The van der Waals surface area contributed by atoms with E-state index in [1.807, 2.05) is 26.0 Å². The minimum Gasteiger partial charge on any atom is -0.493 e. The molecule has 2 rings (SSSR count). The molecule has 158 valence electrons. The Balaban J connectivity index is 1.95. The normalized spacial score (nSPS) is 10.2. The zero-order valence-corrected chi connectivity index (χ0v) is 18.0. The van der Waals surface area contributed by atoms with Gasteiger partial charge < -0.3 is 19.5 Å². The fourth-order valence-electron chi connectivity index (χ4n) is 2.38. The number of nitriles is 1. The first-order chi connectivity index (χ1) is 14.4. The van der Waals surface area contributed by atoms with Gasteiger partial charge in [-0.2, -0.15) is 5.26 Å². The monoisotopic (exact) mass is 428 g/mol. The number of nitrogens with zero attached hydrogens (tertiary/aromatic N) is 1. The van der Waals surface area contributed by atoms with Crippen molar-refractivity contribution in [3.63, 3.8) is 0 Å². The fourth-order valence-corrected chi connectivity index (χ4v) is 3.05. The van der Waals surface area contributed by atoms with E-state index < -0.39 is 18.5 Å². The van der Waals surface area contributed by atoms with E-state index >= 15 is 0 Å². The molecule has 1 amide bonds. The minimum absolute atomic E-state index is 0.251. The molecule has 0 radical (unpaired) electrons. The Kier molecular flexibility index (Phi) is 9.03. The van der Waals surface area contributed by atoms with Gasteiger partial charge in [0.2, 0.25) is 0 Å². The number of ether oxygens (including phenoxy) is 3. The fraction of sp³-hybridized carbons (Fsp3) is 0.318. The first-order valence-electron chi connectivity index (χ1n) is 9.31. The maximum atomic E-state index is 12.3. The molecule has 0 aromatic heterocycles. The highest BCUT2D eigenvalue weighted by Gasteiger charge is 2.15. The number of para-hydroxylation sites is 1. The molecule has 0 spiro atoms. The number of anilines is 1. The van der Waals surface area contributed by atoms with Crippen LogP contribution in [0.15, 0.2) is 47.4 Å². The molecular formula is C22H24N2O5S. The maximum Gasteiger partial charge on any atom is 0.338 e. The highest BCUT2D eigenvalue weighted by Crippen LogP contribution is 2.29. The lowest BCUT2D eigenvalue weighted by Gasteiger charge is -2.13. The summed E-state index contributed by atoms with van der Waals surface area (Å²) in [6.07, 6.45) is 0. The van der Waals surface area contributed by atoms with Crippen LogP contribution in [0.25, 0.3) is 0 Å². The number of rotatable bonds is 10. The molecule has 0 unspecified atom stereocenters. The third-order valence-electron chi connectivity index (χ3n) is 3.76. The molecule has 0 aliphatic heterocycles. The molecule has 0 fully saturated rings. The second-order valence-corrected chi connectivity index (χ2v) is 7.65. The lowest BCUT2D eigenvalue weighted by Crippen LogP contribution is -2.21. The maximum absolute atomic E-state index is 12.3. The minimum atomic E-state index is -0.647. The summed E-state index contributed by atoms with van der Waals surface area (Å²) in [5, 5.41) is 11.4. The second kappa shape index (κ2) is 11.7. The average Bonchev–Trinajstić information content (AvgIpc) is 2.75. The zero-order valence-electron chi connectivity index (χ0n) is 17.1. The van der Waals surface area contributed by atoms with Gasteiger partial charge >= 0.3 is 5.97 Å². The summed E-state index contributed by atoms with van der Waals surface area (Å²) in [4.78, 5) is 25.3. The van der Waals surface area contributed by atoms with Crippen LogP contribution >= 0.6 is 11.8 Å². The lowest BCUT2D eigenvalue weighted by molar-refractivity contribution is -0.119. The summed E-state index contributed by atoms with van der Waals surface area (Å²) >= 11 is 1.31. The van der Waals surface area contributed by atoms with Gasteiger partial charge in [0.25, 0.3) is 5.91 Å². The quantitative estimate of drug-likeness (QED) is 0.449. The van der Waals surface area contributed by atoms with Gasteiger partial charge in [0, 0.05) is 4.90 Å². The van der Waals surface area contributed by atoms with E-state index in [1.165, 1.54) is 24.9 Å². The van der Waals surface area contributed by atoms with Crippen molar-refractivity contribution in [1.82, 2.24) is 0 Å². The predicted molar refractivity (Wildman–Crippen MR) is 115 cm³/mol. The first-order valence-corrected chi connectivity index (χ1v) is 10.3. The van der Waals surface area contributed by atoms with Gasteiger partial charge in [-0.3, -0.25) is 4.79 Å². The van der Waals surface area contributed by atoms with Crippen LogP contribution in [-0.4, -0.2) is 38.0 Å². The Morgan fingerprint density at radius 3 is 2.63 bits per heavy atom. The van der Waals surface area contributed by atoms with Crippen LogP contribution in [0.1, 0.15) is 24.2 Å². The van der Waals surface area contributed by atoms with Crippen LogP contribution in [0.4, 0.5) is 5.69 Å². The topological polar surface area (TPSA) is 97.6 Å². The molecule has 0 atom stereocenters. The highest BCUT2D eigenvalue weighted by molar-refractivity contribution is 7.99. The van der Waals surface area contributed by atoms with E-state index in [9.17, 15) is 9.59 Å². The summed E-state index contributed by atoms with van der Waals surface area (Å²) < 4.78 is 16.1. The summed E-state index contributed by atoms with van der Waals surface area (Å²) in [5.74, 6) is 0.440. The predicted octanol–water partition coefficient (Wildman–Crippen LogP) is 4.14. The van der Waals surface area contributed by atoms with Gasteiger partial charge in [0.1, 0.15) is 0 Å². The molecule has 0 aliphatic rings. The average molecular weight is 429 g/mol. The molecule has 30 heavy (non-hydrogen) atoms. The molecule has 0 saturated heterocycles. The molecular weight excluding hydrogens is 404 g/mol. The smallest absolute Gasteiger partial charge is 0.338 e. The molecule has 0 bridgehead atoms. The summed E-state index contributed by atoms with van der Waals surface area (Å²) in [5.41, 5.74) is 0.814. The van der Waals surface area contributed by atoms with Crippen molar-refractivity contribution in [3.05, 3.63) is 48.0 Å². The van der Waals surface area contributed by atoms with Gasteiger partial charge in [-0.05, 0) is 36.2 Å². The third-order valence-corrected chi connectivity index (χ3v) is 4.70. The second-order valence-electron chi connectivity index (χ2n) is 6.64. The van der Waals surface area contributed by atoms with E-state index in [1.54, 1.807) is 30.3 Å². The molecule has 2 aromatic rings. The van der Waals surface area contributed by atoms with Crippen LogP contribution in [0.2, 0.25) is 0 Å². The number of benzene rings is 2. The molecule has 2 aromatic carbocycles. The van der Waals surface area contributed by atoms with Crippen molar-refractivity contribution in [1.29, 1.82) is 5.26 Å². The summed E-state index contributed by atoms with van der Waals surface area (Å²) in [6, 6.07) is 13.9. The molecule has 7 nitrogen and oxygen atoms in total. The van der Waals surface area contributed by atoms with Gasteiger partial charge in [-0.15, -0.1) is 11.8 Å². The number of thioether (sulfide) groups is 1. The number of methoxy groups -OCH3 is 1. The van der Waals surface area contributed by atoms with E-state index in [2.05, 4.69) is 5.32 Å². The van der Waals surface area contributed by atoms with Crippen molar-refractivity contribution in [2.75, 3.05) is 31.4 Å². The lowest BCUT2D eigenvalue weighted by atomic mass is 10.2. The van der Waals surface area contributed by atoms with Crippen LogP contribution in [0.3, 0.4) is 0 Å². The van der Waals surface area contributed by atoms with Crippen molar-refractivity contribution in [2.24, 2.45) is 5.92 Å². The number of hydrogen-bond acceptors (Lipinski definition) is 7. The van der Waals surface area contributed by atoms with Gasteiger partial charge in [-0.1, -0.05) is 26.0 Å². The standard InChI is InChI=1S/C22H24N2O5S/c1-15(2)13-28-18-9-8-16(12-19(18)27-3)22(26)29-14-21(25)24-17-6-4-5-7-20(17)30-11-10-23/h4-9,12,15H,11,13-14H2,1-3H3,(H,24,25). The number of esters is 1. The SMILES string of the molecule is COc1cc(C(=O)OCC(=O)Nc2ccccc2SCC#N)ccc1OCC(C)C. The van der Waals surface area contributed by atoms with Crippen LogP contribution in [0.5, 0.6) is 11.5 Å². The Bertz CT molecular complexity index is 924. The van der Waals surface area contributed by atoms with Crippen molar-refractivity contribution in [3.8, 4) is 17.6 Å². The summed E-state index contributed by atoms with van der Waals surface area (Å²) in [6.45, 7) is 4.15. The third kappa shape index (κ3) is 7.01. The number of hydrogen-bond donors (Lipinski definition) is 1. The Labute approximate surface area is 180 Å². The van der Waals surface area contributed by atoms with Crippen molar-refractivity contribution in [2.45, 2.75) is 18.7 Å². The van der Waals surface area contributed by atoms with Crippen LogP contribution in [-0.2, 0) is 9.53 Å². The van der Waals surface area contributed by atoms with Crippen molar-refractivity contribution >= 4 is 29.3 Å². The van der Waals surface area contributed by atoms with Gasteiger partial charge in [0.05, 0.1) is 36.8 Å². The number of nitrogens with one attached hydrogen (secondary N) is 1. The largest absolute Gasteiger partial charge is 0.493 e. The molecule has 1 N–H and O–H groups in total. The van der Waals surface area contributed by atoms with E-state index in [0.717, 1.165) is 4.90 Å². The van der Waals surface area contributed by atoms with Gasteiger partial charge in [0.15, 0.2) is 18.1 Å². The number of amides is 1. The van der Waals surface area contributed by atoms with E-state index in [4.69, 9.17) is 19.5 Å². The Morgan fingerprint density at radius 1 is 1.17 bits per heavy atom. The molecule has 0 saturated carbocycles. The number of carbonyl (C=O) groups is 2. The van der Waals surface area contributed by atoms with Gasteiger partial charge in [-0.25, -0.2) is 4.79 Å². The Morgan fingerprint density at radius 2 is 1.93 bits per heavy atom. The van der Waals surface area contributed by atoms with Crippen LogP contribution < -0.4 is 14.8 Å². The van der Waals surface area contributed by atoms with E-state index in [-0.39, 0.29) is 11.3 Å². The first kappa shape index (κ1) is 23.1.